The molecule has 2 aromatic carbocycles. The Labute approximate surface area is 179 Å². The van der Waals surface area contributed by atoms with Gasteiger partial charge in [0.2, 0.25) is 0 Å². The van der Waals surface area contributed by atoms with E-state index in [4.69, 9.17) is 14.8 Å². The van der Waals surface area contributed by atoms with E-state index >= 15 is 0 Å². The van der Waals surface area contributed by atoms with E-state index in [1.807, 2.05) is 13.1 Å². The molecule has 0 spiro atoms. The van der Waals surface area contributed by atoms with E-state index in [0.717, 1.165) is 53.2 Å². The Morgan fingerprint density at radius 1 is 1.10 bits per heavy atom. The summed E-state index contributed by atoms with van der Waals surface area (Å²) in [6.45, 7) is 5.38. The van der Waals surface area contributed by atoms with Gasteiger partial charge >= 0.3 is 5.97 Å². The zero-order chi connectivity index (χ0) is 20.9. The molecule has 0 aliphatic carbocycles. The highest BCUT2D eigenvalue weighted by atomic mass is 32.2. The van der Waals surface area contributed by atoms with Gasteiger partial charge in [-0.05, 0) is 54.4 Å². The third-order valence-corrected chi connectivity index (χ3v) is 6.08. The van der Waals surface area contributed by atoms with E-state index in [-0.39, 0.29) is 5.56 Å². The van der Waals surface area contributed by atoms with Crippen LogP contribution in [-0.2, 0) is 11.2 Å². The fourth-order valence-corrected chi connectivity index (χ4v) is 4.12. The Morgan fingerprint density at radius 2 is 1.80 bits per heavy atom. The molecule has 1 saturated heterocycles. The number of carbonyl (C=O) groups is 1. The van der Waals surface area contributed by atoms with Crippen molar-refractivity contribution in [1.82, 2.24) is 9.97 Å². The largest absolute Gasteiger partial charge is 0.478 e. The van der Waals surface area contributed by atoms with Crippen LogP contribution in [0.25, 0.3) is 0 Å². The van der Waals surface area contributed by atoms with Gasteiger partial charge in [-0.3, -0.25) is 0 Å². The van der Waals surface area contributed by atoms with Crippen LogP contribution in [-0.4, -0.2) is 47.3 Å². The maximum absolute atomic E-state index is 11.0. The van der Waals surface area contributed by atoms with E-state index in [1.165, 1.54) is 17.4 Å². The van der Waals surface area contributed by atoms with E-state index in [1.54, 1.807) is 24.3 Å². The molecule has 3 aromatic rings. The topological polar surface area (TPSA) is 75.5 Å². The summed E-state index contributed by atoms with van der Waals surface area (Å²) in [5.41, 5.74) is 3.65. The number of hydrogen-bond donors (Lipinski definition) is 1. The zero-order valence-electron chi connectivity index (χ0n) is 16.7. The maximum atomic E-state index is 11.0. The van der Waals surface area contributed by atoms with Gasteiger partial charge in [-0.25, -0.2) is 14.8 Å². The molecule has 0 unspecified atom stereocenters. The molecule has 154 valence electrons. The quantitative estimate of drug-likeness (QED) is 0.602. The number of hydrogen-bond acceptors (Lipinski definition) is 6. The average molecular weight is 422 g/mol. The number of anilines is 1. The van der Waals surface area contributed by atoms with Crippen LogP contribution in [0.3, 0.4) is 0 Å². The molecule has 0 amide bonds. The molecule has 1 aromatic heterocycles. The first kappa shape index (κ1) is 20.4. The summed E-state index contributed by atoms with van der Waals surface area (Å²) in [4.78, 5) is 23.5. The third kappa shape index (κ3) is 4.98. The molecule has 0 bridgehead atoms. The maximum Gasteiger partial charge on any atom is 0.335 e. The van der Waals surface area contributed by atoms with E-state index in [2.05, 4.69) is 34.1 Å². The van der Waals surface area contributed by atoms with Gasteiger partial charge in [0.15, 0.2) is 0 Å². The number of aryl methyl sites for hydroxylation is 1. The standard InChI is InChI=1S/C23H23N3O3S/c1-16-15-24-21(25-22(16)30-20-8-4-18(5-9-20)23(27)28)14-17-2-6-19(7-3-17)26-10-12-29-13-11-26/h2-9,15H,10-14H2,1H3,(H,27,28). The van der Waals surface area contributed by atoms with Gasteiger partial charge in [-0.15, -0.1) is 0 Å². The highest BCUT2D eigenvalue weighted by Gasteiger charge is 2.12. The average Bonchev–Trinajstić information content (AvgIpc) is 2.77. The molecule has 30 heavy (non-hydrogen) atoms. The minimum absolute atomic E-state index is 0.278. The van der Waals surface area contributed by atoms with Crippen molar-refractivity contribution in [2.75, 3.05) is 31.2 Å². The fourth-order valence-electron chi connectivity index (χ4n) is 3.26. The molecular formula is C23H23N3O3S. The van der Waals surface area contributed by atoms with E-state index in [0.29, 0.717) is 6.42 Å². The van der Waals surface area contributed by atoms with Crippen molar-refractivity contribution in [2.24, 2.45) is 0 Å². The molecule has 4 rings (SSSR count). The van der Waals surface area contributed by atoms with Crippen molar-refractivity contribution >= 4 is 23.4 Å². The Hall–Kier alpha value is -2.90. The van der Waals surface area contributed by atoms with Gasteiger partial charge in [0.05, 0.1) is 18.8 Å². The lowest BCUT2D eigenvalue weighted by molar-refractivity contribution is 0.0697. The molecule has 7 heteroatoms. The second-order valence-electron chi connectivity index (χ2n) is 7.15. The van der Waals surface area contributed by atoms with Crippen LogP contribution in [0, 0.1) is 6.92 Å². The second kappa shape index (κ2) is 9.28. The van der Waals surface area contributed by atoms with Crippen LogP contribution in [0.4, 0.5) is 5.69 Å². The Bertz CT molecular complexity index is 1020. The first-order valence-corrected chi connectivity index (χ1v) is 10.7. The summed E-state index contributed by atoms with van der Waals surface area (Å²) in [7, 11) is 0. The zero-order valence-corrected chi connectivity index (χ0v) is 17.6. The smallest absolute Gasteiger partial charge is 0.335 e. The van der Waals surface area contributed by atoms with E-state index < -0.39 is 5.97 Å². The minimum Gasteiger partial charge on any atom is -0.478 e. The number of carboxylic acid groups (broad SMARTS) is 1. The second-order valence-corrected chi connectivity index (χ2v) is 8.21. The number of morpholine rings is 1. The lowest BCUT2D eigenvalue weighted by Gasteiger charge is -2.28. The number of aromatic carboxylic acids is 1. The number of rotatable bonds is 6. The highest BCUT2D eigenvalue weighted by molar-refractivity contribution is 7.99. The van der Waals surface area contributed by atoms with Crippen molar-refractivity contribution in [1.29, 1.82) is 0 Å². The van der Waals surface area contributed by atoms with Crippen molar-refractivity contribution in [3.05, 3.63) is 77.2 Å². The molecule has 0 saturated carbocycles. The summed E-state index contributed by atoms with van der Waals surface area (Å²) < 4.78 is 5.42. The van der Waals surface area contributed by atoms with Crippen LogP contribution < -0.4 is 4.90 Å². The van der Waals surface area contributed by atoms with Gasteiger partial charge in [0.25, 0.3) is 0 Å². The Balaban J connectivity index is 1.45. The van der Waals surface area contributed by atoms with Crippen LogP contribution >= 0.6 is 11.8 Å². The van der Waals surface area contributed by atoms with Crippen molar-refractivity contribution in [3.63, 3.8) is 0 Å². The molecule has 6 nitrogen and oxygen atoms in total. The lowest BCUT2D eigenvalue weighted by Crippen LogP contribution is -2.36. The Morgan fingerprint density at radius 3 is 2.47 bits per heavy atom. The number of ether oxygens (including phenoxy) is 1. The van der Waals surface area contributed by atoms with Gasteiger partial charge in [-0.2, -0.15) is 0 Å². The summed E-state index contributed by atoms with van der Waals surface area (Å²) in [6, 6.07) is 15.4. The van der Waals surface area contributed by atoms with Crippen LogP contribution in [0.2, 0.25) is 0 Å². The fraction of sp³-hybridized carbons (Fsp3) is 0.261. The van der Waals surface area contributed by atoms with Crippen LogP contribution in [0.1, 0.15) is 27.3 Å². The van der Waals surface area contributed by atoms with Crippen molar-refractivity contribution in [2.45, 2.75) is 23.3 Å². The van der Waals surface area contributed by atoms with Crippen LogP contribution in [0.5, 0.6) is 0 Å². The molecule has 0 radical (unpaired) electrons. The number of benzene rings is 2. The highest BCUT2D eigenvalue weighted by Crippen LogP contribution is 2.29. The first-order valence-electron chi connectivity index (χ1n) is 9.84. The first-order chi connectivity index (χ1) is 14.6. The molecule has 1 aliphatic rings. The van der Waals surface area contributed by atoms with E-state index in [9.17, 15) is 4.79 Å². The Kier molecular flexibility index (Phi) is 6.30. The molecule has 1 aliphatic heterocycles. The monoisotopic (exact) mass is 421 g/mol. The number of carboxylic acids is 1. The van der Waals surface area contributed by atoms with Gasteiger partial charge < -0.3 is 14.7 Å². The molecule has 1 N–H and O–H groups in total. The van der Waals surface area contributed by atoms with Gasteiger partial charge in [0.1, 0.15) is 10.9 Å². The van der Waals surface area contributed by atoms with Crippen molar-refractivity contribution in [3.8, 4) is 0 Å². The molecule has 1 fully saturated rings. The molecule has 2 heterocycles. The van der Waals surface area contributed by atoms with Gasteiger partial charge in [0, 0.05) is 36.3 Å². The van der Waals surface area contributed by atoms with Gasteiger partial charge in [-0.1, -0.05) is 23.9 Å². The normalized spacial score (nSPS) is 14.0. The predicted octanol–water partition coefficient (Wildman–Crippen LogP) is 4.06. The lowest BCUT2D eigenvalue weighted by atomic mass is 10.1. The third-order valence-electron chi connectivity index (χ3n) is 4.97. The summed E-state index contributed by atoms with van der Waals surface area (Å²) in [5, 5.41) is 9.92. The van der Waals surface area contributed by atoms with Crippen LogP contribution in [0.15, 0.2) is 64.6 Å². The molecule has 0 atom stereocenters. The summed E-state index contributed by atoms with van der Waals surface area (Å²) >= 11 is 1.52. The number of nitrogens with zero attached hydrogens (tertiary/aromatic N) is 3. The predicted molar refractivity (Wildman–Crippen MR) is 117 cm³/mol. The molecular weight excluding hydrogens is 398 g/mol. The minimum atomic E-state index is -0.924. The summed E-state index contributed by atoms with van der Waals surface area (Å²) in [5.74, 6) is -0.156. The number of aromatic nitrogens is 2. The van der Waals surface area contributed by atoms with Crippen molar-refractivity contribution < 1.29 is 14.6 Å². The SMILES string of the molecule is Cc1cnc(Cc2ccc(N3CCOCC3)cc2)nc1Sc1ccc(C(=O)O)cc1. The summed E-state index contributed by atoms with van der Waals surface area (Å²) in [6.07, 6.45) is 2.51.